The lowest BCUT2D eigenvalue weighted by Crippen LogP contribution is -2.35. The van der Waals surface area contributed by atoms with Gasteiger partial charge in [0.15, 0.2) is 0 Å². The summed E-state index contributed by atoms with van der Waals surface area (Å²) in [5.41, 5.74) is 0.347. The second kappa shape index (κ2) is 6.41. The fourth-order valence-corrected chi connectivity index (χ4v) is 2.60. The molecule has 106 valence electrons. The van der Waals surface area contributed by atoms with Gasteiger partial charge in [-0.3, -0.25) is 0 Å². The molecule has 18 heavy (non-hydrogen) atoms. The minimum atomic E-state index is -1.23. The summed E-state index contributed by atoms with van der Waals surface area (Å²) in [6.07, 6.45) is 3.19. The molecule has 4 nitrogen and oxygen atoms in total. The molecule has 0 aromatic heterocycles. The van der Waals surface area contributed by atoms with Crippen LogP contribution >= 0.6 is 0 Å². The Hall–Kier alpha value is -0.770. The summed E-state index contributed by atoms with van der Waals surface area (Å²) in [7, 11) is 0. The molecular weight excluding hydrogens is 232 g/mol. The van der Waals surface area contributed by atoms with Crippen molar-refractivity contribution < 1.29 is 19.4 Å². The highest BCUT2D eigenvalue weighted by Crippen LogP contribution is 2.42. The average Bonchev–Trinajstić information content (AvgIpc) is 2.25. The Kier molecular flexibility index (Phi) is 5.45. The summed E-state index contributed by atoms with van der Waals surface area (Å²) >= 11 is 0. The Morgan fingerprint density at radius 1 is 1.44 bits per heavy atom. The lowest BCUT2D eigenvalue weighted by Gasteiger charge is -2.41. The monoisotopic (exact) mass is 258 g/mol. The van der Waals surface area contributed by atoms with Crippen molar-refractivity contribution in [1.82, 2.24) is 0 Å². The van der Waals surface area contributed by atoms with Crippen LogP contribution in [-0.4, -0.2) is 30.1 Å². The van der Waals surface area contributed by atoms with Gasteiger partial charge in [-0.25, -0.2) is 4.79 Å². The summed E-state index contributed by atoms with van der Waals surface area (Å²) in [6, 6.07) is 0. The third kappa shape index (κ3) is 4.48. The van der Waals surface area contributed by atoms with Gasteiger partial charge in [0.1, 0.15) is 6.10 Å². The molecule has 1 aliphatic carbocycles. The minimum Gasteiger partial charge on any atom is -0.450 e. The first-order valence-electron chi connectivity index (χ1n) is 6.84. The molecule has 1 aliphatic rings. The molecule has 1 fully saturated rings. The third-order valence-electron chi connectivity index (χ3n) is 4.23. The zero-order valence-electron chi connectivity index (χ0n) is 11.9. The summed E-state index contributed by atoms with van der Waals surface area (Å²) < 4.78 is 10.4. The molecule has 0 bridgehead atoms. The van der Waals surface area contributed by atoms with Crippen molar-refractivity contribution in [2.24, 2.45) is 11.3 Å². The first-order chi connectivity index (χ1) is 8.33. The van der Waals surface area contributed by atoms with Gasteiger partial charge in [-0.15, -0.1) is 0 Å². The molecule has 0 spiro atoms. The van der Waals surface area contributed by atoms with E-state index in [9.17, 15) is 4.79 Å². The first kappa shape index (κ1) is 15.3. The predicted molar refractivity (Wildman–Crippen MR) is 69.7 cm³/mol. The smallest absolute Gasteiger partial charge is 0.450 e. The van der Waals surface area contributed by atoms with Crippen LogP contribution in [0.2, 0.25) is 0 Å². The Bertz CT molecular complexity index is 277. The minimum absolute atomic E-state index is 0.242. The molecule has 3 unspecified atom stereocenters. The highest BCUT2D eigenvalue weighted by Gasteiger charge is 2.35. The third-order valence-corrected chi connectivity index (χ3v) is 4.23. The van der Waals surface area contributed by atoms with E-state index in [-0.39, 0.29) is 6.10 Å². The first-order valence-corrected chi connectivity index (χ1v) is 6.84. The van der Waals surface area contributed by atoms with E-state index < -0.39 is 12.3 Å². The molecule has 1 N–H and O–H groups in total. The SMILES string of the molecule is CC(COC1CCCC(C)(C(C)C)C1)OC(=O)O. The Morgan fingerprint density at radius 2 is 2.11 bits per heavy atom. The molecule has 1 saturated carbocycles. The maximum absolute atomic E-state index is 10.4. The lowest BCUT2D eigenvalue weighted by molar-refractivity contribution is -0.0608. The molecule has 0 aromatic rings. The largest absolute Gasteiger partial charge is 0.506 e. The number of carbonyl (C=O) groups is 1. The molecule has 0 radical (unpaired) electrons. The van der Waals surface area contributed by atoms with Gasteiger partial charge in [-0.05, 0) is 37.5 Å². The standard InChI is InChI=1S/C14H26O4/c1-10(2)14(4)7-5-6-12(8-14)17-9-11(3)18-13(15)16/h10-12H,5-9H2,1-4H3,(H,15,16). The second-order valence-electron chi connectivity index (χ2n) is 6.05. The number of carboxylic acid groups (broad SMARTS) is 1. The van der Waals surface area contributed by atoms with Gasteiger partial charge >= 0.3 is 6.16 Å². The quantitative estimate of drug-likeness (QED) is 0.764. The maximum Gasteiger partial charge on any atom is 0.506 e. The summed E-state index contributed by atoms with van der Waals surface area (Å²) in [5.74, 6) is 0.650. The number of rotatable bonds is 5. The zero-order valence-corrected chi connectivity index (χ0v) is 11.9. The number of ether oxygens (including phenoxy) is 2. The lowest BCUT2D eigenvalue weighted by atomic mass is 9.67. The van der Waals surface area contributed by atoms with Crippen LogP contribution in [0, 0.1) is 11.3 Å². The highest BCUT2D eigenvalue weighted by molar-refractivity contribution is 5.57. The topological polar surface area (TPSA) is 55.8 Å². The van der Waals surface area contributed by atoms with Crippen LogP contribution in [0.1, 0.15) is 53.4 Å². The molecule has 0 aliphatic heterocycles. The van der Waals surface area contributed by atoms with Crippen LogP contribution in [0.5, 0.6) is 0 Å². The highest BCUT2D eigenvalue weighted by atomic mass is 16.7. The van der Waals surface area contributed by atoms with Crippen LogP contribution in [-0.2, 0) is 9.47 Å². The van der Waals surface area contributed by atoms with Crippen molar-refractivity contribution in [1.29, 1.82) is 0 Å². The Morgan fingerprint density at radius 3 is 2.67 bits per heavy atom. The van der Waals surface area contributed by atoms with E-state index in [0.29, 0.717) is 17.9 Å². The van der Waals surface area contributed by atoms with Gasteiger partial charge < -0.3 is 14.6 Å². The Labute approximate surface area is 110 Å². The van der Waals surface area contributed by atoms with Crippen molar-refractivity contribution in [3.8, 4) is 0 Å². The van der Waals surface area contributed by atoms with Crippen LogP contribution in [0.3, 0.4) is 0 Å². The average molecular weight is 258 g/mol. The molecule has 4 heteroatoms. The molecule has 1 rings (SSSR count). The Balaban J connectivity index is 2.37. The molecular formula is C14H26O4. The van der Waals surface area contributed by atoms with E-state index in [2.05, 4.69) is 25.5 Å². The van der Waals surface area contributed by atoms with Crippen LogP contribution < -0.4 is 0 Å². The fourth-order valence-electron chi connectivity index (χ4n) is 2.60. The van der Waals surface area contributed by atoms with E-state index >= 15 is 0 Å². The zero-order chi connectivity index (χ0) is 13.8. The second-order valence-corrected chi connectivity index (χ2v) is 6.05. The molecule has 0 saturated heterocycles. The van der Waals surface area contributed by atoms with E-state index in [1.165, 1.54) is 12.8 Å². The molecule has 0 aromatic carbocycles. The maximum atomic E-state index is 10.4. The summed E-state index contributed by atoms with van der Waals surface area (Å²) in [4.78, 5) is 10.4. The van der Waals surface area contributed by atoms with Crippen molar-refractivity contribution in [2.45, 2.75) is 65.6 Å². The number of hydrogen-bond donors (Lipinski definition) is 1. The fraction of sp³-hybridized carbons (Fsp3) is 0.929. The predicted octanol–water partition coefficient (Wildman–Crippen LogP) is 3.69. The van der Waals surface area contributed by atoms with Gasteiger partial charge in [0.25, 0.3) is 0 Å². The van der Waals surface area contributed by atoms with Gasteiger partial charge in [0.05, 0.1) is 12.7 Å². The van der Waals surface area contributed by atoms with E-state index in [4.69, 9.17) is 9.84 Å². The van der Waals surface area contributed by atoms with Gasteiger partial charge in [0, 0.05) is 0 Å². The molecule has 0 amide bonds. The van der Waals surface area contributed by atoms with E-state index in [0.717, 1.165) is 12.8 Å². The van der Waals surface area contributed by atoms with Crippen molar-refractivity contribution in [3.05, 3.63) is 0 Å². The summed E-state index contributed by atoms with van der Waals surface area (Å²) in [6.45, 7) is 8.92. The van der Waals surface area contributed by atoms with Gasteiger partial charge in [0.2, 0.25) is 0 Å². The van der Waals surface area contributed by atoms with Crippen LogP contribution in [0.15, 0.2) is 0 Å². The van der Waals surface area contributed by atoms with Crippen LogP contribution in [0.4, 0.5) is 4.79 Å². The van der Waals surface area contributed by atoms with Crippen molar-refractivity contribution in [2.75, 3.05) is 6.61 Å². The van der Waals surface area contributed by atoms with E-state index in [1.807, 2.05) is 0 Å². The summed E-state index contributed by atoms with van der Waals surface area (Å²) in [5, 5.41) is 8.50. The number of hydrogen-bond acceptors (Lipinski definition) is 3. The van der Waals surface area contributed by atoms with Crippen molar-refractivity contribution >= 4 is 6.16 Å². The van der Waals surface area contributed by atoms with Gasteiger partial charge in [-0.2, -0.15) is 0 Å². The van der Waals surface area contributed by atoms with Crippen molar-refractivity contribution in [3.63, 3.8) is 0 Å². The molecule has 3 atom stereocenters. The van der Waals surface area contributed by atoms with Crippen LogP contribution in [0.25, 0.3) is 0 Å². The normalized spacial score (nSPS) is 30.2. The van der Waals surface area contributed by atoms with E-state index in [1.54, 1.807) is 6.92 Å². The molecule has 0 heterocycles. The van der Waals surface area contributed by atoms with Gasteiger partial charge in [-0.1, -0.05) is 27.2 Å².